The van der Waals surface area contributed by atoms with Gasteiger partial charge in [0, 0.05) is 7.11 Å². The molecule has 0 aromatic carbocycles. The average molecular weight is 299 g/mol. The Labute approximate surface area is 120 Å². The third-order valence-corrected chi connectivity index (χ3v) is 3.78. The van der Waals surface area contributed by atoms with Gasteiger partial charge < -0.3 is 10.1 Å². The molecule has 1 fully saturated rings. The Kier molecular flexibility index (Phi) is 4.56. The molecule has 0 bridgehead atoms. The molecule has 2 rings (SSSR count). The number of nitrogens with zero attached hydrogens (tertiary/aromatic N) is 1. The lowest BCUT2D eigenvalue weighted by atomic mass is 9.85. The van der Waals surface area contributed by atoms with Crippen LogP contribution in [0.25, 0.3) is 0 Å². The third kappa shape index (κ3) is 3.38. The highest BCUT2D eigenvalue weighted by Crippen LogP contribution is 2.25. The normalized spacial score (nSPS) is 25.6. The fourth-order valence-electron chi connectivity index (χ4n) is 2.58. The second kappa shape index (κ2) is 6.21. The highest BCUT2D eigenvalue weighted by atomic mass is 19.1. The van der Waals surface area contributed by atoms with Crippen molar-refractivity contribution in [1.29, 1.82) is 0 Å². The molecule has 3 unspecified atom stereocenters. The molecular weight excluding hydrogens is 281 g/mol. The maximum absolute atomic E-state index is 13.2. The van der Waals surface area contributed by atoms with E-state index in [4.69, 9.17) is 4.74 Å². The van der Waals surface area contributed by atoms with Gasteiger partial charge in [0.15, 0.2) is 0 Å². The van der Waals surface area contributed by atoms with Crippen LogP contribution in [-0.2, 0) is 4.74 Å². The Morgan fingerprint density at radius 1 is 1.48 bits per heavy atom. The summed E-state index contributed by atoms with van der Waals surface area (Å²) in [6, 6.07) is -1.03. The largest absolute Gasteiger partial charge is 0.379 e. The van der Waals surface area contributed by atoms with E-state index in [0.29, 0.717) is 23.1 Å². The number of hydrogen-bond acceptors (Lipinski definition) is 4. The summed E-state index contributed by atoms with van der Waals surface area (Å²) < 4.78 is 19.0. The molecule has 1 aliphatic rings. The molecule has 7 nitrogen and oxygen atoms in total. The van der Waals surface area contributed by atoms with E-state index in [-0.39, 0.29) is 12.1 Å². The number of ether oxygens (including phenoxy) is 1. The van der Waals surface area contributed by atoms with Gasteiger partial charge in [-0.1, -0.05) is 6.92 Å². The van der Waals surface area contributed by atoms with E-state index in [0.717, 1.165) is 12.8 Å². The van der Waals surface area contributed by atoms with Crippen molar-refractivity contribution < 1.29 is 13.9 Å². The van der Waals surface area contributed by atoms with Crippen molar-refractivity contribution in [2.75, 3.05) is 7.11 Å². The van der Waals surface area contributed by atoms with Crippen molar-refractivity contribution in [3.05, 3.63) is 32.9 Å². The Hall–Kier alpha value is -1.96. The lowest BCUT2D eigenvalue weighted by molar-refractivity contribution is 0.0293. The van der Waals surface area contributed by atoms with Gasteiger partial charge in [-0.25, -0.2) is 14.2 Å². The summed E-state index contributed by atoms with van der Waals surface area (Å²) in [5.74, 6) is -0.693. The summed E-state index contributed by atoms with van der Waals surface area (Å²) in [7, 11) is 1.56. The van der Waals surface area contributed by atoms with E-state index in [1.54, 1.807) is 12.1 Å². The van der Waals surface area contributed by atoms with E-state index < -0.39 is 23.1 Å². The number of halogens is 1. The minimum Gasteiger partial charge on any atom is -0.379 e. The highest BCUT2D eigenvalue weighted by Gasteiger charge is 2.30. The number of amides is 1. The molecule has 1 amide bonds. The summed E-state index contributed by atoms with van der Waals surface area (Å²) in [6.07, 6.45) is 2.88. The fourth-order valence-corrected chi connectivity index (χ4v) is 2.58. The minimum absolute atomic E-state index is 0.152. The molecule has 1 aromatic rings. The van der Waals surface area contributed by atoms with Crippen LogP contribution in [0.15, 0.2) is 15.8 Å². The Bertz CT molecular complexity index is 639. The van der Waals surface area contributed by atoms with Gasteiger partial charge in [0.25, 0.3) is 5.56 Å². The van der Waals surface area contributed by atoms with Crippen LogP contribution in [0.5, 0.6) is 0 Å². The number of carbonyl (C=O) groups is 1. The van der Waals surface area contributed by atoms with Gasteiger partial charge >= 0.3 is 11.7 Å². The van der Waals surface area contributed by atoms with Crippen molar-refractivity contribution in [3.63, 3.8) is 0 Å². The molecule has 2 N–H and O–H groups in total. The van der Waals surface area contributed by atoms with Crippen LogP contribution in [0.1, 0.15) is 26.2 Å². The standard InChI is InChI=1S/C13H18FN3O4/c1-7-3-4-9(10(5-7)21-2)15-12(19)17-6-8(14)11(18)16-13(17)20/h6-7,9-10H,3-5H2,1-2H3,(H,15,19)(H,16,18,20). The topological polar surface area (TPSA) is 93.2 Å². The second-order valence-corrected chi connectivity index (χ2v) is 5.35. The van der Waals surface area contributed by atoms with E-state index >= 15 is 0 Å². The van der Waals surface area contributed by atoms with Crippen LogP contribution in [0, 0.1) is 11.7 Å². The summed E-state index contributed by atoms with van der Waals surface area (Å²) in [4.78, 5) is 36.3. The zero-order valence-electron chi connectivity index (χ0n) is 11.9. The third-order valence-electron chi connectivity index (χ3n) is 3.78. The monoisotopic (exact) mass is 299 g/mol. The van der Waals surface area contributed by atoms with E-state index in [1.165, 1.54) is 0 Å². The van der Waals surface area contributed by atoms with E-state index in [2.05, 4.69) is 12.2 Å². The molecule has 116 valence electrons. The molecule has 0 saturated heterocycles. The predicted molar refractivity (Wildman–Crippen MR) is 72.8 cm³/mol. The van der Waals surface area contributed by atoms with Crippen molar-refractivity contribution in [2.24, 2.45) is 5.92 Å². The molecule has 21 heavy (non-hydrogen) atoms. The van der Waals surface area contributed by atoms with Crippen LogP contribution in [0.3, 0.4) is 0 Å². The summed E-state index contributed by atoms with van der Waals surface area (Å²) in [5.41, 5.74) is -2.12. The Morgan fingerprint density at radius 3 is 2.86 bits per heavy atom. The number of aromatic nitrogens is 2. The van der Waals surface area contributed by atoms with E-state index in [1.807, 2.05) is 0 Å². The number of aromatic amines is 1. The molecule has 0 spiro atoms. The Balaban J connectivity index is 2.16. The van der Waals surface area contributed by atoms with Crippen LogP contribution in [-0.4, -0.2) is 34.8 Å². The molecule has 1 heterocycles. The lowest BCUT2D eigenvalue weighted by Crippen LogP contribution is -2.51. The number of rotatable bonds is 2. The SMILES string of the molecule is COC1CC(C)CCC1NC(=O)n1cc(F)c(=O)[nH]c1=O. The van der Waals surface area contributed by atoms with Crippen LogP contribution in [0.4, 0.5) is 9.18 Å². The second-order valence-electron chi connectivity index (χ2n) is 5.35. The average Bonchev–Trinajstić information content (AvgIpc) is 2.44. The van der Waals surface area contributed by atoms with Gasteiger partial charge in [-0.05, 0) is 25.2 Å². The maximum atomic E-state index is 13.2. The number of carbonyl (C=O) groups excluding carboxylic acids is 1. The first-order valence-electron chi connectivity index (χ1n) is 6.77. The van der Waals surface area contributed by atoms with Gasteiger partial charge in [-0.3, -0.25) is 9.78 Å². The van der Waals surface area contributed by atoms with Crippen molar-refractivity contribution >= 4 is 6.03 Å². The summed E-state index contributed by atoms with van der Waals surface area (Å²) >= 11 is 0. The molecular formula is C13H18FN3O4. The van der Waals surface area contributed by atoms with Gasteiger partial charge in [-0.15, -0.1) is 0 Å². The predicted octanol–water partition coefficient (Wildman–Crippen LogP) is 0.437. The zero-order valence-corrected chi connectivity index (χ0v) is 11.9. The van der Waals surface area contributed by atoms with Gasteiger partial charge in [0.1, 0.15) is 0 Å². The Morgan fingerprint density at radius 2 is 2.19 bits per heavy atom. The molecule has 1 saturated carbocycles. The van der Waals surface area contributed by atoms with Gasteiger partial charge in [0.2, 0.25) is 5.82 Å². The molecule has 0 aliphatic heterocycles. The fraction of sp³-hybridized carbons (Fsp3) is 0.615. The molecule has 3 atom stereocenters. The number of hydrogen-bond donors (Lipinski definition) is 2. The van der Waals surface area contributed by atoms with Crippen LogP contribution < -0.4 is 16.6 Å². The van der Waals surface area contributed by atoms with Crippen molar-refractivity contribution in [2.45, 2.75) is 38.3 Å². The molecule has 1 aromatic heterocycles. The van der Waals surface area contributed by atoms with Crippen LogP contribution in [0.2, 0.25) is 0 Å². The number of nitrogens with one attached hydrogen (secondary N) is 2. The highest BCUT2D eigenvalue weighted by molar-refractivity contribution is 5.76. The number of H-pyrrole nitrogens is 1. The smallest absolute Gasteiger partial charge is 0.336 e. The first kappa shape index (κ1) is 15.4. The summed E-state index contributed by atoms with van der Waals surface area (Å²) in [6.45, 7) is 2.10. The summed E-state index contributed by atoms with van der Waals surface area (Å²) in [5, 5.41) is 2.65. The maximum Gasteiger partial charge on any atom is 0.336 e. The van der Waals surface area contributed by atoms with Gasteiger partial charge in [0.05, 0.1) is 18.3 Å². The molecule has 0 radical (unpaired) electrons. The molecule has 8 heteroatoms. The quantitative estimate of drug-likeness (QED) is 0.828. The minimum atomic E-state index is -1.19. The first-order valence-corrected chi connectivity index (χ1v) is 6.77. The van der Waals surface area contributed by atoms with E-state index in [9.17, 15) is 18.8 Å². The first-order chi connectivity index (χ1) is 9.92. The van der Waals surface area contributed by atoms with Crippen molar-refractivity contribution in [1.82, 2.24) is 14.9 Å². The molecule has 1 aliphatic carbocycles. The van der Waals surface area contributed by atoms with Gasteiger partial charge in [-0.2, -0.15) is 4.39 Å². The van der Waals surface area contributed by atoms with Crippen molar-refractivity contribution in [3.8, 4) is 0 Å². The lowest BCUT2D eigenvalue weighted by Gasteiger charge is -2.34. The number of methoxy groups -OCH3 is 1. The zero-order chi connectivity index (χ0) is 15.6. The van der Waals surface area contributed by atoms with Crippen LogP contribution >= 0.6 is 0 Å².